The van der Waals surface area contributed by atoms with E-state index >= 15 is 0 Å². The SMILES string of the molecule is COc1cc2nc(Cl)nc(NCCS(=O)(=O)O)c2cc1OC. The van der Waals surface area contributed by atoms with E-state index in [1.807, 2.05) is 0 Å². The molecule has 0 saturated carbocycles. The Morgan fingerprint density at radius 3 is 2.45 bits per heavy atom. The number of methoxy groups -OCH3 is 2. The third-order valence-corrected chi connectivity index (χ3v) is 3.72. The quantitative estimate of drug-likeness (QED) is 0.598. The maximum atomic E-state index is 10.8. The third-order valence-electron chi connectivity index (χ3n) is 2.83. The Morgan fingerprint density at radius 2 is 1.86 bits per heavy atom. The largest absolute Gasteiger partial charge is 0.493 e. The highest BCUT2D eigenvalue weighted by Gasteiger charge is 2.13. The molecule has 0 radical (unpaired) electrons. The molecule has 1 aromatic carbocycles. The average Bonchev–Trinajstić information content (AvgIpc) is 2.44. The lowest BCUT2D eigenvalue weighted by molar-refractivity contribution is 0.356. The highest BCUT2D eigenvalue weighted by Crippen LogP contribution is 2.34. The van der Waals surface area contributed by atoms with Crippen LogP contribution < -0.4 is 14.8 Å². The Labute approximate surface area is 132 Å². The molecule has 22 heavy (non-hydrogen) atoms. The fourth-order valence-electron chi connectivity index (χ4n) is 1.86. The first-order chi connectivity index (χ1) is 10.3. The summed E-state index contributed by atoms with van der Waals surface area (Å²) < 4.78 is 40.7. The minimum atomic E-state index is -4.06. The Bertz CT molecular complexity index is 797. The molecule has 2 N–H and O–H groups in total. The zero-order valence-corrected chi connectivity index (χ0v) is 13.4. The first-order valence-electron chi connectivity index (χ1n) is 6.12. The van der Waals surface area contributed by atoms with Gasteiger partial charge in [0.15, 0.2) is 11.5 Å². The van der Waals surface area contributed by atoms with Crippen LogP contribution in [0, 0.1) is 0 Å². The van der Waals surface area contributed by atoms with Crippen LogP contribution in [0.3, 0.4) is 0 Å². The van der Waals surface area contributed by atoms with Gasteiger partial charge in [0.2, 0.25) is 5.28 Å². The molecule has 10 heteroatoms. The molecule has 0 atom stereocenters. The summed E-state index contributed by atoms with van der Waals surface area (Å²) >= 11 is 5.86. The van der Waals surface area contributed by atoms with Gasteiger partial charge in [-0.15, -0.1) is 0 Å². The van der Waals surface area contributed by atoms with Crippen LogP contribution in [0.4, 0.5) is 5.82 Å². The Kier molecular flexibility index (Phi) is 4.89. The van der Waals surface area contributed by atoms with Gasteiger partial charge in [-0.2, -0.15) is 8.42 Å². The lowest BCUT2D eigenvalue weighted by Crippen LogP contribution is -2.15. The minimum Gasteiger partial charge on any atom is -0.493 e. The number of benzene rings is 1. The second kappa shape index (κ2) is 6.51. The lowest BCUT2D eigenvalue weighted by atomic mass is 10.2. The van der Waals surface area contributed by atoms with Crippen molar-refractivity contribution in [2.45, 2.75) is 0 Å². The maximum absolute atomic E-state index is 10.8. The molecule has 0 amide bonds. The first kappa shape index (κ1) is 16.5. The topological polar surface area (TPSA) is 111 Å². The Hall–Kier alpha value is -1.84. The van der Waals surface area contributed by atoms with Gasteiger partial charge in [-0.3, -0.25) is 4.55 Å². The molecule has 0 fully saturated rings. The van der Waals surface area contributed by atoms with Gasteiger partial charge in [-0.1, -0.05) is 0 Å². The zero-order valence-electron chi connectivity index (χ0n) is 11.8. The second-order valence-corrected chi connectivity index (χ2v) is 6.19. The standard InChI is InChI=1S/C12H14ClN3O5S/c1-20-9-5-7-8(6-10(9)21-2)15-12(13)16-11(7)14-3-4-22(17,18)19/h5-6H,3-4H2,1-2H3,(H,14,15,16)(H,17,18,19). The van der Waals surface area contributed by atoms with Crippen molar-refractivity contribution in [2.24, 2.45) is 0 Å². The number of ether oxygens (including phenoxy) is 2. The number of halogens is 1. The lowest BCUT2D eigenvalue weighted by Gasteiger charge is -2.12. The van der Waals surface area contributed by atoms with Crippen molar-refractivity contribution in [3.05, 3.63) is 17.4 Å². The molecule has 0 aliphatic carbocycles. The van der Waals surface area contributed by atoms with Gasteiger partial charge in [0, 0.05) is 18.0 Å². The van der Waals surface area contributed by atoms with Crippen LogP contribution in [0.25, 0.3) is 10.9 Å². The summed E-state index contributed by atoms with van der Waals surface area (Å²) in [5, 5.41) is 3.38. The average molecular weight is 348 g/mol. The van der Waals surface area contributed by atoms with Crippen molar-refractivity contribution < 1.29 is 22.4 Å². The van der Waals surface area contributed by atoms with Crippen molar-refractivity contribution in [1.82, 2.24) is 9.97 Å². The number of rotatable bonds is 6. The molecule has 2 rings (SSSR count). The maximum Gasteiger partial charge on any atom is 0.266 e. The first-order valence-corrected chi connectivity index (χ1v) is 8.11. The molecular formula is C12H14ClN3O5S. The van der Waals surface area contributed by atoms with E-state index < -0.39 is 15.9 Å². The molecule has 120 valence electrons. The van der Waals surface area contributed by atoms with Crippen molar-refractivity contribution in [3.8, 4) is 11.5 Å². The predicted octanol–water partition coefficient (Wildman–Crippen LogP) is 1.60. The van der Waals surface area contributed by atoms with Gasteiger partial charge in [0.1, 0.15) is 5.82 Å². The number of fused-ring (bicyclic) bond motifs is 1. The van der Waals surface area contributed by atoms with Crippen molar-refractivity contribution >= 4 is 38.4 Å². The van der Waals surface area contributed by atoms with Gasteiger partial charge >= 0.3 is 0 Å². The smallest absolute Gasteiger partial charge is 0.266 e. The normalized spacial score (nSPS) is 11.5. The summed E-state index contributed by atoms with van der Waals surface area (Å²) in [6.07, 6.45) is 0. The molecule has 0 bridgehead atoms. The van der Waals surface area contributed by atoms with Gasteiger partial charge < -0.3 is 14.8 Å². The number of anilines is 1. The fraction of sp³-hybridized carbons (Fsp3) is 0.333. The molecule has 0 unspecified atom stereocenters. The summed E-state index contributed by atoms with van der Waals surface area (Å²) in [6, 6.07) is 3.29. The van der Waals surface area contributed by atoms with Crippen molar-refractivity contribution in [3.63, 3.8) is 0 Å². The number of aromatic nitrogens is 2. The van der Waals surface area contributed by atoms with E-state index in [1.54, 1.807) is 12.1 Å². The van der Waals surface area contributed by atoms with Crippen molar-refractivity contribution in [1.29, 1.82) is 0 Å². The number of nitrogens with zero attached hydrogens (tertiary/aromatic N) is 2. The minimum absolute atomic E-state index is 0.00549. The van der Waals surface area contributed by atoms with E-state index in [0.29, 0.717) is 28.2 Å². The Morgan fingerprint density at radius 1 is 1.23 bits per heavy atom. The monoisotopic (exact) mass is 347 g/mol. The molecule has 2 aromatic rings. The van der Waals surface area contributed by atoms with Gasteiger partial charge in [0.25, 0.3) is 10.1 Å². The number of hydrogen-bond acceptors (Lipinski definition) is 7. The molecule has 0 aliphatic rings. The number of hydrogen-bond donors (Lipinski definition) is 2. The molecule has 8 nitrogen and oxygen atoms in total. The molecule has 0 aliphatic heterocycles. The highest BCUT2D eigenvalue weighted by atomic mass is 35.5. The van der Waals surface area contributed by atoms with Gasteiger partial charge in [-0.25, -0.2) is 9.97 Å². The van der Waals surface area contributed by atoms with Crippen LogP contribution in [0.15, 0.2) is 12.1 Å². The summed E-state index contributed by atoms with van der Waals surface area (Å²) in [6.45, 7) is -0.0321. The molecular weight excluding hydrogens is 334 g/mol. The Balaban J connectivity index is 2.44. The van der Waals surface area contributed by atoms with E-state index in [2.05, 4.69) is 15.3 Å². The fourth-order valence-corrected chi connectivity index (χ4v) is 2.40. The van der Waals surface area contributed by atoms with Crippen LogP contribution in [0.2, 0.25) is 5.28 Å². The summed E-state index contributed by atoms with van der Waals surface area (Å²) in [7, 11) is -1.08. The molecule has 1 heterocycles. The van der Waals surface area contributed by atoms with E-state index in [0.717, 1.165) is 0 Å². The summed E-state index contributed by atoms with van der Waals surface area (Å²) in [5.74, 6) is 0.829. The van der Waals surface area contributed by atoms with E-state index in [-0.39, 0.29) is 11.8 Å². The second-order valence-electron chi connectivity index (χ2n) is 4.28. The highest BCUT2D eigenvalue weighted by molar-refractivity contribution is 7.85. The zero-order chi connectivity index (χ0) is 16.3. The molecule has 0 saturated heterocycles. The van der Waals surface area contributed by atoms with E-state index in [4.69, 9.17) is 25.6 Å². The molecule has 1 aromatic heterocycles. The van der Waals surface area contributed by atoms with E-state index in [1.165, 1.54) is 14.2 Å². The molecule has 0 spiro atoms. The van der Waals surface area contributed by atoms with Crippen LogP contribution in [0.5, 0.6) is 11.5 Å². The summed E-state index contributed by atoms with van der Waals surface area (Å²) in [5.41, 5.74) is 0.506. The number of nitrogens with one attached hydrogen (secondary N) is 1. The van der Waals surface area contributed by atoms with Gasteiger partial charge in [-0.05, 0) is 17.7 Å². The summed E-state index contributed by atoms with van der Waals surface area (Å²) in [4.78, 5) is 8.11. The third kappa shape index (κ3) is 3.87. The predicted molar refractivity (Wildman–Crippen MR) is 82.6 cm³/mol. The van der Waals surface area contributed by atoms with Gasteiger partial charge in [0.05, 0.1) is 25.5 Å². The van der Waals surface area contributed by atoms with Crippen LogP contribution in [-0.2, 0) is 10.1 Å². The van der Waals surface area contributed by atoms with Crippen LogP contribution in [0.1, 0.15) is 0 Å². The van der Waals surface area contributed by atoms with Crippen molar-refractivity contribution in [2.75, 3.05) is 31.8 Å². The van der Waals surface area contributed by atoms with E-state index in [9.17, 15) is 8.42 Å². The van der Waals surface area contributed by atoms with Crippen LogP contribution >= 0.6 is 11.6 Å². The van der Waals surface area contributed by atoms with Crippen LogP contribution in [-0.4, -0.2) is 49.5 Å².